The minimum atomic E-state index is 0.0152. The highest BCUT2D eigenvalue weighted by Crippen LogP contribution is 2.34. The number of fused-ring (bicyclic) bond motifs is 2. The largest absolute Gasteiger partial charge is 0.496 e. The molecule has 2 aromatic carbocycles. The maximum atomic E-state index is 13.4. The van der Waals surface area contributed by atoms with E-state index in [4.69, 9.17) is 4.74 Å². The summed E-state index contributed by atoms with van der Waals surface area (Å²) in [7, 11) is 1.66. The Morgan fingerprint density at radius 1 is 1.10 bits per heavy atom. The summed E-state index contributed by atoms with van der Waals surface area (Å²) in [6, 6.07) is 17.3. The molecule has 5 rings (SSSR count). The third-order valence-electron chi connectivity index (χ3n) is 5.46. The number of aromatic amines is 1. The molecule has 0 unspecified atom stereocenters. The lowest BCUT2D eigenvalue weighted by Gasteiger charge is -2.27. The fourth-order valence-corrected chi connectivity index (χ4v) is 3.99. The second-order valence-corrected chi connectivity index (χ2v) is 7.08. The van der Waals surface area contributed by atoms with Crippen LogP contribution in [0.25, 0.3) is 22.2 Å². The van der Waals surface area contributed by atoms with E-state index in [0.717, 1.165) is 45.6 Å². The van der Waals surface area contributed by atoms with Gasteiger partial charge < -0.3 is 9.64 Å². The van der Waals surface area contributed by atoms with Gasteiger partial charge in [-0.3, -0.25) is 14.9 Å². The van der Waals surface area contributed by atoms with Crippen molar-refractivity contribution in [2.75, 3.05) is 13.7 Å². The number of benzene rings is 2. The molecule has 3 heterocycles. The van der Waals surface area contributed by atoms with Gasteiger partial charge in [0, 0.05) is 53.5 Å². The van der Waals surface area contributed by atoms with Crippen LogP contribution in [0, 0.1) is 0 Å². The van der Waals surface area contributed by atoms with E-state index in [9.17, 15) is 4.79 Å². The van der Waals surface area contributed by atoms with Crippen LogP contribution in [0.4, 0.5) is 0 Å². The number of H-pyrrole nitrogens is 1. The van der Waals surface area contributed by atoms with Gasteiger partial charge in [0.25, 0.3) is 5.91 Å². The van der Waals surface area contributed by atoms with Crippen LogP contribution in [-0.2, 0) is 13.0 Å². The van der Waals surface area contributed by atoms with Crippen molar-refractivity contribution >= 4 is 16.8 Å². The molecule has 0 fully saturated rings. The molecule has 0 saturated heterocycles. The molecule has 1 N–H and O–H groups in total. The summed E-state index contributed by atoms with van der Waals surface area (Å²) in [5, 5.41) is 8.57. The van der Waals surface area contributed by atoms with Crippen LogP contribution >= 0.6 is 0 Å². The molecule has 2 aromatic heterocycles. The fourth-order valence-electron chi connectivity index (χ4n) is 3.99. The van der Waals surface area contributed by atoms with E-state index in [1.54, 1.807) is 13.3 Å². The van der Waals surface area contributed by atoms with Gasteiger partial charge in [-0.25, -0.2) is 0 Å². The first kappa shape index (κ1) is 17.4. The van der Waals surface area contributed by atoms with E-state index < -0.39 is 0 Å². The third-order valence-corrected chi connectivity index (χ3v) is 5.46. The van der Waals surface area contributed by atoms with Gasteiger partial charge in [-0.1, -0.05) is 24.3 Å². The number of para-hydroxylation sites is 1. The lowest BCUT2D eigenvalue weighted by atomic mass is 9.99. The van der Waals surface area contributed by atoms with E-state index in [1.807, 2.05) is 59.5 Å². The van der Waals surface area contributed by atoms with Crippen molar-refractivity contribution in [2.45, 2.75) is 13.0 Å². The van der Waals surface area contributed by atoms with Crippen LogP contribution in [0.2, 0.25) is 0 Å². The molecule has 1 amide bonds. The number of aromatic nitrogens is 3. The number of nitrogens with one attached hydrogen (secondary N) is 1. The molecule has 1 aliphatic heterocycles. The molecule has 4 aromatic rings. The fraction of sp³-hybridized carbons (Fsp3) is 0.174. The molecule has 144 valence electrons. The van der Waals surface area contributed by atoms with Crippen molar-refractivity contribution in [3.63, 3.8) is 0 Å². The first-order valence-electron chi connectivity index (χ1n) is 9.59. The Labute approximate surface area is 168 Å². The summed E-state index contributed by atoms with van der Waals surface area (Å²) < 4.78 is 5.51. The molecule has 0 spiro atoms. The number of methoxy groups -OCH3 is 1. The second kappa shape index (κ2) is 7.05. The zero-order chi connectivity index (χ0) is 19.8. The zero-order valence-electron chi connectivity index (χ0n) is 16.1. The number of carbonyl (C=O) groups excluding carboxylic acids is 1. The van der Waals surface area contributed by atoms with Gasteiger partial charge >= 0.3 is 0 Å². The maximum absolute atomic E-state index is 13.4. The average Bonchev–Trinajstić information content (AvgIpc) is 3.21. The molecular formula is C23H20N4O2. The number of ether oxygens (including phenoxy) is 1. The van der Waals surface area contributed by atoms with E-state index >= 15 is 0 Å². The number of pyridine rings is 1. The normalized spacial score (nSPS) is 13.3. The molecule has 0 radical (unpaired) electrons. The minimum Gasteiger partial charge on any atom is -0.496 e. The first-order chi connectivity index (χ1) is 14.3. The summed E-state index contributed by atoms with van der Waals surface area (Å²) in [5.41, 5.74) is 5.41. The lowest BCUT2D eigenvalue weighted by Crippen LogP contribution is -2.36. The first-order valence-corrected chi connectivity index (χ1v) is 9.59. The van der Waals surface area contributed by atoms with Crippen LogP contribution in [0.5, 0.6) is 5.75 Å². The quantitative estimate of drug-likeness (QED) is 0.583. The number of carbonyl (C=O) groups is 1. The van der Waals surface area contributed by atoms with Crippen molar-refractivity contribution < 1.29 is 9.53 Å². The lowest BCUT2D eigenvalue weighted by molar-refractivity contribution is 0.0736. The summed E-state index contributed by atoms with van der Waals surface area (Å²) in [4.78, 5) is 19.6. The van der Waals surface area contributed by atoms with Crippen LogP contribution in [-0.4, -0.2) is 39.6 Å². The molecule has 6 nitrogen and oxygen atoms in total. The Hall–Kier alpha value is -3.67. The number of nitrogens with zero attached hydrogens (tertiary/aromatic N) is 3. The SMILES string of the molecule is COc1ccccc1-c1n[nH]c2c1CN(C(=O)c1cccc3ncccc13)CC2. The second-order valence-electron chi connectivity index (χ2n) is 7.08. The van der Waals surface area contributed by atoms with Crippen LogP contribution in [0.1, 0.15) is 21.6 Å². The van der Waals surface area contributed by atoms with Gasteiger partial charge in [0.05, 0.1) is 12.6 Å². The van der Waals surface area contributed by atoms with Gasteiger partial charge in [0.2, 0.25) is 0 Å². The Morgan fingerprint density at radius 3 is 2.90 bits per heavy atom. The van der Waals surface area contributed by atoms with Crippen molar-refractivity contribution in [3.8, 4) is 17.0 Å². The Morgan fingerprint density at radius 2 is 2.00 bits per heavy atom. The van der Waals surface area contributed by atoms with Gasteiger partial charge in [0.15, 0.2) is 0 Å². The van der Waals surface area contributed by atoms with Crippen molar-refractivity contribution in [1.29, 1.82) is 0 Å². The highest BCUT2D eigenvalue weighted by Gasteiger charge is 2.28. The van der Waals surface area contributed by atoms with Gasteiger partial charge in [0.1, 0.15) is 11.4 Å². The smallest absolute Gasteiger partial charge is 0.254 e. The predicted octanol–water partition coefficient (Wildman–Crippen LogP) is 3.83. The standard InChI is InChI=1S/C23H20N4O2/c1-29-21-10-3-2-6-17(21)22-18-14-27(13-11-20(18)25-26-22)23(28)16-7-4-9-19-15(16)8-5-12-24-19/h2-10,12H,11,13-14H2,1H3,(H,25,26). The Kier molecular flexibility index (Phi) is 4.24. The number of hydrogen-bond acceptors (Lipinski definition) is 4. The molecule has 0 saturated carbocycles. The predicted molar refractivity (Wildman–Crippen MR) is 111 cm³/mol. The Bertz CT molecular complexity index is 1210. The monoisotopic (exact) mass is 384 g/mol. The Balaban J connectivity index is 1.51. The number of rotatable bonds is 3. The topological polar surface area (TPSA) is 71.1 Å². The number of amides is 1. The average molecular weight is 384 g/mol. The maximum Gasteiger partial charge on any atom is 0.254 e. The summed E-state index contributed by atoms with van der Waals surface area (Å²) in [6.45, 7) is 1.16. The van der Waals surface area contributed by atoms with Crippen LogP contribution in [0.15, 0.2) is 60.8 Å². The molecule has 0 aliphatic carbocycles. The van der Waals surface area contributed by atoms with Gasteiger partial charge in [-0.2, -0.15) is 5.10 Å². The van der Waals surface area contributed by atoms with Crippen molar-refractivity contribution in [1.82, 2.24) is 20.1 Å². The van der Waals surface area contributed by atoms with Crippen molar-refractivity contribution in [2.24, 2.45) is 0 Å². The highest BCUT2D eigenvalue weighted by molar-refractivity contribution is 6.06. The molecule has 29 heavy (non-hydrogen) atoms. The summed E-state index contributed by atoms with van der Waals surface area (Å²) in [5.74, 6) is 0.784. The van der Waals surface area contributed by atoms with Crippen LogP contribution in [0.3, 0.4) is 0 Å². The minimum absolute atomic E-state index is 0.0152. The van der Waals surface area contributed by atoms with E-state index in [1.165, 1.54) is 0 Å². The summed E-state index contributed by atoms with van der Waals surface area (Å²) >= 11 is 0. The molecular weight excluding hydrogens is 364 g/mol. The van der Waals surface area contributed by atoms with E-state index in [-0.39, 0.29) is 5.91 Å². The van der Waals surface area contributed by atoms with E-state index in [0.29, 0.717) is 18.7 Å². The molecule has 6 heteroatoms. The highest BCUT2D eigenvalue weighted by atomic mass is 16.5. The third kappa shape index (κ3) is 2.93. The number of hydrogen-bond donors (Lipinski definition) is 1. The van der Waals surface area contributed by atoms with E-state index in [2.05, 4.69) is 15.2 Å². The van der Waals surface area contributed by atoms with Crippen LogP contribution < -0.4 is 4.74 Å². The molecule has 1 aliphatic rings. The van der Waals surface area contributed by atoms with Crippen molar-refractivity contribution in [3.05, 3.63) is 77.6 Å². The summed E-state index contributed by atoms with van der Waals surface area (Å²) in [6.07, 6.45) is 2.49. The molecule has 0 atom stereocenters. The zero-order valence-corrected chi connectivity index (χ0v) is 16.1. The van der Waals surface area contributed by atoms with Gasteiger partial charge in [-0.05, 0) is 30.3 Å². The van der Waals surface area contributed by atoms with Gasteiger partial charge in [-0.15, -0.1) is 0 Å². The molecule has 0 bridgehead atoms.